The van der Waals surface area contributed by atoms with E-state index in [4.69, 9.17) is 10.3 Å². The van der Waals surface area contributed by atoms with Crippen molar-refractivity contribution >= 4 is 12.4 Å². The summed E-state index contributed by atoms with van der Waals surface area (Å²) in [6.07, 6.45) is 5.12. The number of aryl methyl sites for hydroxylation is 1. The number of benzene rings is 1. The first kappa shape index (κ1) is 15.9. The Kier molecular flexibility index (Phi) is 4.64. The second-order valence-corrected chi connectivity index (χ2v) is 5.60. The predicted octanol–water partition coefficient (Wildman–Crippen LogP) is 3.72. The number of halogens is 2. The van der Waals surface area contributed by atoms with Crippen molar-refractivity contribution in [2.45, 2.75) is 44.6 Å². The van der Waals surface area contributed by atoms with Crippen LogP contribution in [0.4, 0.5) is 4.39 Å². The minimum atomic E-state index is -0.501. The lowest BCUT2D eigenvalue weighted by atomic mass is 9.82. The first-order valence-electron chi connectivity index (χ1n) is 6.98. The van der Waals surface area contributed by atoms with E-state index in [9.17, 15) is 4.39 Å². The van der Waals surface area contributed by atoms with Gasteiger partial charge in [-0.3, -0.25) is 0 Å². The summed E-state index contributed by atoms with van der Waals surface area (Å²) in [5, 5.41) is 3.99. The largest absolute Gasteiger partial charge is 0.337 e. The van der Waals surface area contributed by atoms with Gasteiger partial charge in [-0.1, -0.05) is 24.4 Å². The van der Waals surface area contributed by atoms with E-state index in [1.54, 1.807) is 19.1 Å². The highest BCUT2D eigenvalue weighted by Gasteiger charge is 2.35. The van der Waals surface area contributed by atoms with Gasteiger partial charge in [0.25, 0.3) is 0 Å². The van der Waals surface area contributed by atoms with Gasteiger partial charge < -0.3 is 10.3 Å². The van der Waals surface area contributed by atoms with E-state index in [0.717, 1.165) is 31.2 Å². The van der Waals surface area contributed by atoms with Gasteiger partial charge in [0.1, 0.15) is 5.82 Å². The van der Waals surface area contributed by atoms with Gasteiger partial charge in [-0.05, 0) is 43.5 Å². The van der Waals surface area contributed by atoms with Gasteiger partial charge in [0.15, 0.2) is 0 Å². The molecular weight excluding hydrogens is 293 g/mol. The van der Waals surface area contributed by atoms with Crippen molar-refractivity contribution in [1.29, 1.82) is 0 Å². The number of hydrogen-bond acceptors (Lipinski definition) is 4. The Hall–Kier alpha value is -1.46. The van der Waals surface area contributed by atoms with Gasteiger partial charge in [-0.15, -0.1) is 12.4 Å². The van der Waals surface area contributed by atoms with E-state index in [0.29, 0.717) is 17.3 Å². The van der Waals surface area contributed by atoms with E-state index in [2.05, 4.69) is 10.1 Å². The van der Waals surface area contributed by atoms with E-state index in [-0.39, 0.29) is 18.2 Å². The maximum absolute atomic E-state index is 13.3. The average molecular weight is 312 g/mol. The molecule has 1 aromatic carbocycles. The van der Waals surface area contributed by atoms with Crippen LogP contribution >= 0.6 is 12.4 Å². The van der Waals surface area contributed by atoms with Gasteiger partial charge in [-0.2, -0.15) is 4.98 Å². The highest BCUT2D eigenvalue weighted by Crippen LogP contribution is 2.34. The fourth-order valence-electron chi connectivity index (χ4n) is 2.72. The topological polar surface area (TPSA) is 64.9 Å². The molecule has 1 saturated carbocycles. The SMILES string of the molecule is Cc1cc(-c2noc(C3(N)CCCCC3)n2)ccc1F.Cl. The first-order valence-corrected chi connectivity index (χ1v) is 6.98. The zero-order valence-corrected chi connectivity index (χ0v) is 12.8. The van der Waals surface area contributed by atoms with E-state index < -0.39 is 5.54 Å². The molecule has 6 heteroatoms. The monoisotopic (exact) mass is 311 g/mol. The maximum Gasteiger partial charge on any atom is 0.247 e. The van der Waals surface area contributed by atoms with E-state index >= 15 is 0 Å². The lowest BCUT2D eigenvalue weighted by molar-refractivity contribution is 0.220. The average Bonchev–Trinajstić information content (AvgIpc) is 2.93. The maximum atomic E-state index is 13.3. The van der Waals surface area contributed by atoms with Gasteiger partial charge >= 0.3 is 0 Å². The Balaban J connectivity index is 0.00000161. The number of hydrogen-bond donors (Lipinski definition) is 1. The highest BCUT2D eigenvalue weighted by molar-refractivity contribution is 5.85. The fourth-order valence-corrected chi connectivity index (χ4v) is 2.72. The molecular formula is C15H19ClFN3O. The summed E-state index contributed by atoms with van der Waals surface area (Å²) in [5.41, 5.74) is 7.18. The molecule has 0 radical (unpaired) electrons. The van der Waals surface area contributed by atoms with Crippen LogP contribution in [-0.4, -0.2) is 10.1 Å². The first-order chi connectivity index (χ1) is 9.58. The molecule has 114 valence electrons. The molecule has 2 N–H and O–H groups in total. The Morgan fingerprint density at radius 2 is 1.95 bits per heavy atom. The van der Waals surface area contributed by atoms with Crippen LogP contribution in [-0.2, 0) is 5.54 Å². The molecule has 1 aliphatic carbocycles. The molecule has 1 heterocycles. The molecule has 0 aliphatic heterocycles. The second kappa shape index (κ2) is 6.12. The van der Waals surface area contributed by atoms with Crippen LogP contribution < -0.4 is 5.73 Å². The van der Waals surface area contributed by atoms with Crippen LogP contribution in [0.1, 0.15) is 43.6 Å². The molecule has 2 aromatic rings. The quantitative estimate of drug-likeness (QED) is 0.918. The van der Waals surface area contributed by atoms with Crippen LogP contribution in [0.15, 0.2) is 22.7 Å². The second-order valence-electron chi connectivity index (χ2n) is 5.60. The highest BCUT2D eigenvalue weighted by atomic mass is 35.5. The molecule has 0 unspecified atom stereocenters. The van der Waals surface area contributed by atoms with Crippen molar-refractivity contribution in [3.8, 4) is 11.4 Å². The normalized spacial score (nSPS) is 17.3. The van der Waals surface area contributed by atoms with Crippen LogP contribution in [0.3, 0.4) is 0 Å². The van der Waals surface area contributed by atoms with Gasteiger partial charge in [0.2, 0.25) is 11.7 Å². The lowest BCUT2D eigenvalue weighted by Gasteiger charge is -2.29. The molecule has 3 rings (SSSR count). The van der Waals surface area contributed by atoms with E-state index in [1.165, 1.54) is 12.5 Å². The third kappa shape index (κ3) is 3.09. The number of nitrogens with zero attached hydrogens (tertiary/aromatic N) is 2. The Morgan fingerprint density at radius 3 is 2.62 bits per heavy atom. The van der Waals surface area contributed by atoms with Crippen LogP contribution in [0.25, 0.3) is 11.4 Å². The smallest absolute Gasteiger partial charge is 0.247 e. The molecule has 0 amide bonds. The van der Waals surface area contributed by atoms with Gasteiger partial charge in [-0.25, -0.2) is 4.39 Å². The third-order valence-electron chi connectivity index (χ3n) is 4.01. The molecule has 1 aliphatic rings. The van der Waals surface area contributed by atoms with Crippen molar-refractivity contribution in [3.63, 3.8) is 0 Å². The molecule has 0 atom stereocenters. The van der Waals surface area contributed by atoms with Crippen molar-refractivity contribution in [2.24, 2.45) is 5.73 Å². The zero-order chi connectivity index (χ0) is 14.2. The van der Waals surface area contributed by atoms with Crippen molar-refractivity contribution in [2.75, 3.05) is 0 Å². The zero-order valence-electron chi connectivity index (χ0n) is 11.9. The Labute approximate surface area is 129 Å². The standard InChI is InChI=1S/C15H18FN3O.ClH/c1-10-9-11(5-6-12(10)16)13-18-14(20-19-13)15(17)7-3-2-4-8-15;/h5-6,9H,2-4,7-8,17H2,1H3;1H. The Bertz CT molecular complexity index is 623. The number of rotatable bonds is 2. The molecule has 1 aromatic heterocycles. The van der Waals surface area contributed by atoms with Gasteiger partial charge in [0, 0.05) is 5.56 Å². The van der Waals surface area contributed by atoms with Crippen molar-refractivity contribution < 1.29 is 8.91 Å². The van der Waals surface area contributed by atoms with Crippen LogP contribution in [0.5, 0.6) is 0 Å². The summed E-state index contributed by atoms with van der Waals surface area (Å²) in [5.74, 6) is 0.729. The van der Waals surface area contributed by atoms with E-state index in [1.807, 2.05) is 0 Å². The molecule has 4 nitrogen and oxygen atoms in total. The summed E-state index contributed by atoms with van der Waals surface area (Å²) < 4.78 is 18.6. The van der Waals surface area contributed by atoms with Crippen LogP contribution in [0.2, 0.25) is 0 Å². The molecule has 1 fully saturated rings. The predicted molar refractivity (Wildman–Crippen MR) is 80.6 cm³/mol. The lowest BCUT2D eigenvalue weighted by Crippen LogP contribution is -2.38. The summed E-state index contributed by atoms with van der Waals surface area (Å²) in [7, 11) is 0. The molecule has 0 spiro atoms. The minimum Gasteiger partial charge on any atom is -0.337 e. The van der Waals surface area contributed by atoms with Gasteiger partial charge in [0.05, 0.1) is 5.54 Å². The summed E-state index contributed by atoms with van der Waals surface area (Å²) in [4.78, 5) is 4.42. The van der Waals surface area contributed by atoms with Crippen molar-refractivity contribution in [3.05, 3.63) is 35.5 Å². The fraction of sp³-hybridized carbons (Fsp3) is 0.467. The Morgan fingerprint density at radius 1 is 1.24 bits per heavy atom. The van der Waals surface area contributed by atoms with Crippen LogP contribution in [0, 0.1) is 12.7 Å². The number of aromatic nitrogens is 2. The molecule has 21 heavy (non-hydrogen) atoms. The molecule has 0 saturated heterocycles. The van der Waals surface area contributed by atoms with Crippen molar-refractivity contribution in [1.82, 2.24) is 10.1 Å². The summed E-state index contributed by atoms with van der Waals surface area (Å²) in [6, 6.07) is 4.79. The summed E-state index contributed by atoms with van der Waals surface area (Å²) >= 11 is 0. The number of nitrogens with two attached hydrogens (primary N) is 1. The minimum absolute atomic E-state index is 0. The summed E-state index contributed by atoms with van der Waals surface area (Å²) in [6.45, 7) is 1.71. The third-order valence-corrected chi connectivity index (χ3v) is 4.01. The molecule has 0 bridgehead atoms.